The number of methoxy groups -OCH3 is 1. The summed E-state index contributed by atoms with van der Waals surface area (Å²) in [5.41, 5.74) is 0. The van der Waals surface area contributed by atoms with Crippen LogP contribution >= 0.6 is 0 Å². The second-order valence-corrected chi connectivity index (χ2v) is 4.85. The smallest absolute Gasteiger partial charge is 0.281 e. The number of hydrogen-bond donors (Lipinski definition) is 0. The summed E-state index contributed by atoms with van der Waals surface area (Å²) in [6.07, 6.45) is 0. The maximum absolute atomic E-state index is 11.3. The highest BCUT2D eigenvalue weighted by Crippen LogP contribution is 1.99. The molecule has 0 aromatic carbocycles. The van der Waals surface area contributed by atoms with E-state index in [1.807, 2.05) is 0 Å². The van der Waals surface area contributed by atoms with Crippen LogP contribution in [0.1, 0.15) is 0 Å². The van der Waals surface area contributed by atoms with Crippen LogP contribution < -0.4 is 0 Å². The van der Waals surface area contributed by atoms with Crippen molar-refractivity contribution in [2.24, 2.45) is 0 Å². The second-order valence-electron chi connectivity index (χ2n) is 2.60. The van der Waals surface area contributed by atoms with Crippen molar-refractivity contribution < 1.29 is 13.2 Å². The first-order valence-electron chi connectivity index (χ1n) is 3.55. The molecule has 0 amide bonds. The molecule has 0 saturated heterocycles. The monoisotopic (exact) mass is 196 g/mol. The lowest BCUT2D eigenvalue weighted by atomic mass is 10.7. The first kappa shape index (κ1) is 11.8. The predicted molar refractivity (Wildman–Crippen MR) is 47.1 cm³/mol. The van der Waals surface area contributed by atoms with Crippen LogP contribution in [0, 0.1) is 0 Å². The molecule has 74 valence electrons. The van der Waals surface area contributed by atoms with Crippen LogP contribution in [0.2, 0.25) is 0 Å². The number of rotatable bonds is 5. The summed E-state index contributed by atoms with van der Waals surface area (Å²) >= 11 is 0. The Morgan fingerprint density at radius 3 is 2.08 bits per heavy atom. The molecule has 0 unspecified atom stereocenters. The first-order chi connectivity index (χ1) is 5.42. The van der Waals surface area contributed by atoms with Crippen LogP contribution in [0.3, 0.4) is 0 Å². The molecule has 0 N–H and O–H groups in total. The Kier molecular flexibility index (Phi) is 4.69. The van der Waals surface area contributed by atoms with E-state index in [1.165, 1.54) is 36.9 Å². The third kappa shape index (κ3) is 3.06. The molecule has 0 fully saturated rings. The normalized spacial score (nSPS) is 12.8. The topological polar surface area (TPSA) is 49.9 Å². The molecule has 0 heterocycles. The molecule has 0 bridgehead atoms. The zero-order valence-corrected chi connectivity index (χ0v) is 8.76. The SMILES string of the molecule is COCCN(C)S(=O)(=O)N(C)C. The molecule has 0 aliphatic carbocycles. The third-order valence-corrected chi connectivity index (χ3v) is 3.36. The van der Waals surface area contributed by atoms with Gasteiger partial charge in [-0.3, -0.25) is 0 Å². The van der Waals surface area contributed by atoms with E-state index in [-0.39, 0.29) is 0 Å². The summed E-state index contributed by atoms with van der Waals surface area (Å²) in [7, 11) is 2.79. The lowest BCUT2D eigenvalue weighted by Gasteiger charge is -2.20. The van der Waals surface area contributed by atoms with Gasteiger partial charge in [0.05, 0.1) is 6.61 Å². The number of likely N-dealkylation sites (N-methyl/N-ethyl adjacent to an activating group) is 1. The largest absolute Gasteiger partial charge is 0.383 e. The maximum Gasteiger partial charge on any atom is 0.281 e. The highest BCUT2D eigenvalue weighted by molar-refractivity contribution is 7.86. The summed E-state index contributed by atoms with van der Waals surface area (Å²) in [5, 5.41) is 0. The highest BCUT2D eigenvalue weighted by Gasteiger charge is 2.19. The van der Waals surface area contributed by atoms with Crippen molar-refractivity contribution in [3.05, 3.63) is 0 Å². The van der Waals surface area contributed by atoms with Crippen molar-refractivity contribution in [1.82, 2.24) is 8.61 Å². The molecule has 0 radical (unpaired) electrons. The van der Waals surface area contributed by atoms with Gasteiger partial charge in [-0.2, -0.15) is 17.0 Å². The van der Waals surface area contributed by atoms with Gasteiger partial charge in [0.1, 0.15) is 0 Å². The summed E-state index contributed by atoms with van der Waals surface area (Å²) in [6.45, 7) is 0.778. The number of hydrogen-bond acceptors (Lipinski definition) is 3. The van der Waals surface area contributed by atoms with E-state index in [4.69, 9.17) is 4.74 Å². The molecule has 5 nitrogen and oxygen atoms in total. The first-order valence-corrected chi connectivity index (χ1v) is 4.95. The molecule has 0 aliphatic rings. The van der Waals surface area contributed by atoms with Crippen LogP contribution in [0.5, 0.6) is 0 Å². The maximum atomic E-state index is 11.3. The molecule has 0 spiro atoms. The summed E-state index contributed by atoms with van der Waals surface area (Å²) in [6, 6.07) is 0. The average Bonchev–Trinajstić information content (AvgIpc) is 1.99. The van der Waals surface area contributed by atoms with E-state index >= 15 is 0 Å². The average molecular weight is 196 g/mol. The van der Waals surface area contributed by atoms with E-state index in [1.54, 1.807) is 0 Å². The van der Waals surface area contributed by atoms with Gasteiger partial charge in [-0.05, 0) is 0 Å². The zero-order valence-electron chi connectivity index (χ0n) is 7.94. The van der Waals surface area contributed by atoms with E-state index in [9.17, 15) is 8.42 Å². The van der Waals surface area contributed by atoms with Crippen molar-refractivity contribution in [1.29, 1.82) is 0 Å². The molecule has 0 saturated carbocycles. The van der Waals surface area contributed by atoms with Crippen molar-refractivity contribution in [2.45, 2.75) is 0 Å². The van der Waals surface area contributed by atoms with Crippen molar-refractivity contribution in [3.63, 3.8) is 0 Å². The van der Waals surface area contributed by atoms with Crippen molar-refractivity contribution in [3.8, 4) is 0 Å². The van der Waals surface area contributed by atoms with Crippen LogP contribution in [-0.4, -0.2) is 58.4 Å². The van der Waals surface area contributed by atoms with Gasteiger partial charge in [0, 0.05) is 34.8 Å². The Morgan fingerprint density at radius 1 is 1.25 bits per heavy atom. The van der Waals surface area contributed by atoms with Gasteiger partial charge < -0.3 is 4.74 Å². The lowest BCUT2D eigenvalue weighted by Crippen LogP contribution is -2.38. The number of nitrogens with zero attached hydrogens (tertiary/aromatic N) is 2. The van der Waals surface area contributed by atoms with Crippen molar-refractivity contribution in [2.75, 3.05) is 41.4 Å². The fraction of sp³-hybridized carbons (Fsp3) is 1.00. The fourth-order valence-corrected chi connectivity index (χ4v) is 1.48. The minimum absolute atomic E-state index is 0.372. The molecule has 0 aliphatic heterocycles. The van der Waals surface area contributed by atoms with Crippen LogP contribution in [0.25, 0.3) is 0 Å². The molecule has 0 aromatic heterocycles. The molecule has 0 atom stereocenters. The lowest BCUT2D eigenvalue weighted by molar-refractivity contribution is 0.183. The Morgan fingerprint density at radius 2 is 1.75 bits per heavy atom. The summed E-state index contributed by atoms with van der Waals surface area (Å²) in [5.74, 6) is 0. The molecule has 6 heteroatoms. The van der Waals surface area contributed by atoms with E-state index in [0.717, 1.165) is 0 Å². The molecular formula is C6H16N2O3S. The minimum Gasteiger partial charge on any atom is -0.383 e. The van der Waals surface area contributed by atoms with Crippen LogP contribution in [0.4, 0.5) is 0 Å². The standard InChI is InChI=1S/C6H16N2O3S/c1-7(2)12(9,10)8(3)5-6-11-4/h5-6H2,1-4H3. The van der Waals surface area contributed by atoms with Crippen LogP contribution in [0.15, 0.2) is 0 Å². The highest BCUT2D eigenvalue weighted by atomic mass is 32.2. The summed E-state index contributed by atoms with van der Waals surface area (Å²) in [4.78, 5) is 0. The Bertz CT molecular complexity index is 213. The van der Waals surface area contributed by atoms with Crippen molar-refractivity contribution >= 4 is 10.2 Å². The molecule has 0 rings (SSSR count). The summed E-state index contributed by atoms with van der Waals surface area (Å²) < 4.78 is 29.8. The van der Waals surface area contributed by atoms with Gasteiger partial charge in [0.25, 0.3) is 10.2 Å². The van der Waals surface area contributed by atoms with E-state index < -0.39 is 10.2 Å². The fourth-order valence-electron chi connectivity index (χ4n) is 0.614. The molecular weight excluding hydrogens is 180 g/mol. The predicted octanol–water partition coefficient (Wildman–Crippen LogP) is -0.629. The van der Waals surface area contributed by atoms with Gasteiger partial charge in [0.15, 0.2) is 0 Å². The molecule has 12 heavy (non-hydrogen) atoms. The molecule has 0 aromatic rings. The quantitative estimate of drug-likeness (QED) is 0.588. The van der Waals surface area contributed by atoms with Gasteiger partial charge >= 0.3 is 0 Å². The second kappa shape index (κ2) is 4.76. The number of ether oxygens (including phenoxy) is 1. The van der Waals surface area contributed by atoms with Gasteiger partial charge in [0.2, 0.25) is 0 Å². The van der Waals surface area contributed by atoms with Gasteiger partial charge in [-0.1, -0.05) is 0 Å². The zero-order chi connectivity index (χ0) is 9.78. The Labute approximate surface area is 74.1 Å². The Hall–Kier alpha value is -0.170. The van der Waals surface area contributed by atoms with Crippen LogP contribution in [-0.2, 0) is 14.9 Å². The van der Waals surface area contributed by atoms with Gasteiger partial charge in [-0.25, -0.2) is 0 Å². The minimum atomic E-state index is -3.26. The Balaban J connectivity index is 4.17. The van der Waals surface area contributed by atoms with Gasteiger partial charge in [-0.15, -0.1) is 0 Å². The van der Waals surface area contributed by atoms with E-state index in [2.05, 4.69) is 0 Å². The van der Waals surface area contributed by atoms with E-state index in [0.29, 0.717) is 13.2 Å². The third-order valence-electron chi connectivity index (χ3n) is 1.47.